The number of benzene rings is 1. The fourth-order valence-electron chi connectivity index (χ4n) is 3.43. The maximum atomic E-state index is 12.3. The zero-order valence-corrected chi connectivity index (χ0v) is 15.7. The second-order valence-corrected chi connectivity index (χ2v) is 7.24. The summed E-state index contributed by atoms with van der Waals surface area (Å²) in [6.45, 7) is 4.40. The number of carbonyl (C=O) groups is 2. The van der Waals surface area contributed by atoms with Crippen molar-refractivity contribution in [2.75, 3.05) is 25.5 Å². The summed E-state index contributed by atoms with van der Waals surface area (Å²) in [6, 6.07) is 6.23. The highest BCUT2D eigenvalue weighted by atomic mass is 16.2. The highest BCUT2D eigenvalue weighted by Gasteiger charge is 2.17. The van der Waals surface area contributed by atoms with Gasteiger partial charge in [0, 0.05) is 11.7 Å². The van der Waals surface area contributed by atoms with Crippen molar-refractivity contribution in [1.82, 2.24) is 10.2 Å². The van der Waals surface area contributed by atoms with E-state index in [2.05, 4.69) is 10.6 Å². The van der Waals surface area contributed by atoms with Gasteiger partial charge in [-0.3, -0.25) is 14.5 Å². The number of nitrogens with one attached hydrogen (secondary N) is 2. The van der Waals surface area contributed by atoms with Gasteiger partial charge in [0.15, 0.2) is 0 Å². The van der Waals surface area contributed by atoms with E-state index in [1.807, 2.05) is 32.0 Å². The molecule has 0 aromatic heterocycles. The van der Waals surface area contributed by atoms with Gasteiger partial charge in [0.2, 0.25) is 11.8 Å². The average molecular weight is 345 g/mol. The number of hydrogen-bond acceptors (Lipinski definition) is 3. The molecule has 1 fully saturated rings. The summed E-state index contributed by atoms with van der Waals surface area (Å²) in [7, 11) is 1.80. The van der Waals surface area contributed by atoms with Gasteiger partial charge in [0.05, 0.1) is 13.1 Å². The van der Waals surface area contributed by atoms with Crippen molar-refractivity contribution in [3.05, 3.63) is 29.3 Å². The van der Waals surface area contributed by atoms with Gasteiger partial charge >= 0.3 is 0 Å². The molecule has 1 aromatic rings. The number of carbonyl (C=O) groups excluding carboxylic acids is 2. The molecule has 0 aliphatic heterocycles. The Balaban J connectivity index is 1.77. The molecule has 0 bridgehead atoms. The molecule has 2 amide bonds. The number of nitrogens with zero attached hydrogens (tertiary/aromatic N) is 1. The monoisotopic (exact) mass is 345 g/mol. The Bertz CT molecular complexity index is 572. The van der Waals surface area contributed by atoms with Crippen LogP contribution in [0.15, 0.2) is 18.2 Å². The third-order valence-electron chi connectivity index (χ3n) is 4.79. The fraction of sp³-hybridized carbons (Fsp3) is 0.600. The van der Waals surface area contributed by atoms with E-state index < -0.39 is 0 Å². The highest BCUT2D eigenvalue weighted by molar-refractivity contribution is 5.94. The van der Waals surface area contributed by atoms with E-state index >= 15 is 0 Å². The summed E-state index contributed by atoms with van der Waals surface area (Å²) in [5.41, 5.74) is 2.95. The lowest BCUT2D eigenvalue weighted by Crippen LogP contribution is -2.42. The van der Waals surface area contributed by atoms with Gasteiger partial charge in [-0.2, -0.15) is 0 Å². The number of hydrogen-bond donors (Lipinski definition) is 2. The number of rotatable bonds is 6. The summed E-state index contributed by atoms with van der Waals surface area (Å²) < 4.78 is 0. The molecule has 0 radical (unpaired) electrons. The van der Waals surface area contributed by atoms with E-state index in [1.54, 1.807) is 11.9 Å². The first-order chi connectivity index (χ1) is 12.0. The maximum Gasteiger partial charge on any atom is 0.238 e. The van der Waals surface area contributed by atoms with Crippen LogP contribution in [0, 0.1) is 13.8 Å². The first-order valence-electron chi connectivity index (χ1n) is 9.29. The van der Waals surface area contributed by atoms with Crippen LogP contribution in [0.1, 0.15) is 49.7 Å². The number of anilines is 1. The molecule has 1 aromatic carbocycles. The number of para-hydroxylation sites is 1. The van der Waals surface area contributed by atoms with Gasteiger partial charge in [-0.05, 0) is 44.9 Å². The molecule has 2 N–H and O–H groups in total. The highest BCUT2D eigenvalue weighted by Crippen LogP contribution is 2.19. The van der Waals surface area contributed by atoms with Crippen molar-refractivity contribution in [1.29, 1.82) is 0 Å². The molecule has 1 aliphatic carbocycles. The second-order valence-electron chi connectivity index (χ2n) is 7.24. The molecule has 0 saturated heterocycles. The SMILES string of the molecule is Cc1cccc(C)c1NC(=O)CN(C)CC(=O)NC1CCCCCC1. The van der Waals surface area contributed by atoms with Crippen LogP contribution in [0.25, 0.3) is 0 Å². The zero-order chi connectivity index (χ0) is 18.2. The van der Waals surface area contributed by atoms with Crippen LogP contribution in [-0.4, -0.2) is 42.9 Å². The minimum Gasteiger partial charge on any atom is -0.352 e. The first-order valence-corrected chi connectivity index (χ1v) is 9.29. The lowest BCUT2D eigenvalue weighted by molar-refractivity contribution is -0.123. The largest absolute Gasteiger partial charge is 0.352 e. The van der Waals surface area contributed by atoms with Crippen LogP contribution in [0.4, 0.5) is 5.69 Å². The van der Waals surface area contributed by atoms with E-state index in [0.29, 0.717) is 6.04 Å². The van der Waals surface area contributed by atoms with Crippen molar-refractivity contribution >= 4 is 17.5 Å². The maximum absolute atomic E-state index is 12.3. The molecule has 0 unspecified atom stereocenters. The lowest BCUT2D eigenvalue weighted by Gasteiger charge is -2.20. The van der Waals surface area contributed by atoms with Gasteiger partial charge in [-0.25, -0.2) is 0 Å². The average Bonchev–Trinajstić information content (AvgIpc) is 2.79. The molecule has 0 heterocycles. The van der Waals surface area contributed by atoms with Crippen LogP contribution < -0.4 is 10.6 Å². The van der Waals surface area contributed by atoms with Crippen molar-refractivity contribution in [2.24, 2.45) is 0 Å². The molecule has 5 nitrogen and oxygen atoms in total. The minimum atomic E-state index is -0.0952. The predicted octanol–water partition coefficient (Wildman–Crippen LogP) is 3.01. The Morgan fingerprint density at radius 3 is 2.16 bits per heavy atom. The molecular formula is C20H31N3O2. The summed E-state index contributed by atoms with van der Waals surface area (Å²) in [5, 5.41) is 6.08. The van der Waals surface area contributed by atoms with E-state index in [9.17, 15) is 9.59 Å². The summed E-state index contributed by atoms with van der Waals surface area (Å²) in [4.78, 5) is 26.2. The van der Waals surface area contributed by atoms with Crippen LogP contribution in [0.5, 0.6) is 0 Å². The Labute approximate surface area is 151 Å². The zero-order valence-electron chi connectivity index (χ0n) is 15.7. The van der Waals surface area contributed by atoms with Crippen LogP contribution in [-0.2, 0) is 9.59 Å². The van der Waals surface area contributed by atoms with E-state index in [-0.39, 0.29) is 24.9 Å². The van der Waals surface area contributed by atoms with Crippen LogP contribution in [0.2, 0.25) is 0 Å². The second kappa shape index (κ2) is 9.56. The third-order valence-corrected chi connectivity index (χ3v) is 4.79. The van der Waals surface area contributed by atoms with Gasteiger partial charge < -0.3 is 10.6 Å². The van der Waals surface area contributed by atoms with Gasteiger partial charge in [-0.1, -0.05) is 43.9 Å². The summed E-state index contributed by atoms with van der Waals surface area (Å²) in [5.74, 6) is -0.0866. The molecule has 0 spiro atoms. The Kier molecular flexibility index (Phi) is 7.44. The van der Waals surface area contributed by atoms with Crippen molar-refractivity contribution in [3.8, 4) is 0 Å². The first kappa shape index (κ1) is 19.4. The Hall–Kier alpha value is -1.88. The predicted molar refractivity (Wildman–Crippen MR) is 102 cm³/mol. The topological polar surface area (TPSA) is 61.4 Å². The van der Waals surface area contributed by atoms with Crippen molar-refractivity contribution < 1.29 is 9.59 Å². The number of amides is 2. The smallest absolute Gasteiger partial charge is 0.238 e. The summed E-state index contributed by atoms with van der Waals surface area (Å²) in [6.07, 6.45) is 7.07. The van der Waals surface area contributed by atoms with Gasteiger partial charge in [0.25, 0.3) is 0 Å². The number of likely N-dealkylation sites (N-methyl/N-ethyl adjacent to an activating group) is 1. The lowest BCUT2D eigenvalue weighted by atomic mass is 10.1. The van der Waals surface area contributed by atoms with Crippen LogP contribution in [0.3, 0.4) is 0 Å². The van der Waals surface area contributed by atoms with Crippen LogP contribution >= 0.6 is 0 Å². The molecular weight excluding hydrogens is 314 g/mol. The third kappa shape index (κ3) is 6.50. The number of aryl methyl sites for hydroxylation is 2. The molecule has 138 valence electrons. The van der Waals surface area contributed by atoms with E-state index in [1.165, 1.54) is 25.7 Å². The van der Waals surface area contributed by atoms with Crippen molar-refractivity contribution in [3.63, 3.8) is 0 Å². The quantitative estimate of drug-likeness (QED) is 0.779. The standard InChI is InChI=1S/C20H31N3O2/c1-15-9-8-10-16(2)20(15)22-19(25)14-23(3)13-18(24)21-17-11-6-4-5-7-12-17/h8-10,17H,4-7,11-14H2,1-3H3,(H,21,24)(H,22,25). The molecule has 0 atom stereocenters. The Morgan fingerprint density at radius 1 is 1.00 bits per heavy atom. The molecule has 1 saturated carbocycles. The van der Waals surface area contributed by atoms with Gasteiger partial charge in [-0.15, -0.1) is 0 Å². The van der Waals surface area contributed by atoms with Gasteiger partial charge in [0.1, 0.15) is 0 Å². The minimum absolute atomic E-state index is 0.00859. The van der Waals surface area contributed by atoms with Crippen molar-refractivity contribution in [2.45, 2.75) is 58.4 Å². The molecule has 25 heavy (non-hydrogen) atoms. The molecule has 2 rings (SSSR count). The summed E-state index contributed by atoms with van der Waals surface area (Å²) >= 11 is 0. The fourth-order valence-corrected chi connectivity index (χ4v) is 3.43. The molecule has 1 aliphatic rings. The van der Waals surface area contributed by atoms with E-state index in [4.69, 9.17) is 0 Å². The molecule has 5 heteroatoms. The normalized spacial score (nSPS) is 15.7. The van der Waals surface area contributed by atoms with E-state index in [0.717, 1.165) is 29.7 Å². The Morgan fingerprint density at radius 2 is 1.56 bits per heavy atom.